The van der Waals surface area contributed by atoms with Crippen LogP contribution in [0.2, 0.25) is 0 Å². The van der Waals surface area contributed by atoms with Gasteiger partial charge in [-0.25, -0.2) is 9.78 Å². The Morgan fingerprint density at radius 3 is 3.12 bits per heavy atom. The number of hydrogen-bond acceptors (Lipinski definition) is 4. The Balaban J connectivity index is 1.63. The predicted octanol–water partition coefficient (Wildman–Crippen LogP) is 3.98. The molecule has 3 rings (SSSR count). The molecule has 0 aromatic carbocycles. The number of rotatable bonds is 5. The van der Waals surface area contributed by atoms with Crippen LogP contribution in [0.25, 0.3) is 0 Å². The second-order valence-corrected chi connectivity index (χ2v) is 6.98. The second kappa shape index (κ2) is 7.66. The van der Waals surface area contributed by atoms with E-state index >= 15 is 0 Å². The van der Waals surface area contributed by atoms with E-state index in [1.165, 1.54) is 5.56 Å². The van der Waals surface area contributed by atoms with Crippen molar-refractivity contribution in [1.29, 1.82) is 0 Å². The summed E-state index contributed by atoms with van der Waals surface area (Å²) in [6.07, 6.45) is 3.83. The molecule has 0 saturated carbocycles. The van der Waals surface area contributed by atoms with Crippen LogP contribution in [0.1, 0.15) is 43.9 Å². The van der Waals surface area contributed by atoms with Gasteiger partial charge in [-0.3, -0.25) is 0 Å². The summed E-state index contributed by atoms with van der Waals surface area (Å²) in [7, 11) is 0. The van der Waals surface area contributed by atoms with Crippen LogP contribution >= 0.6 is 11.3 Å². The van der Waals surface area contributed by atoms with Crippen LogP contribution < -0.4 is 10.1 Å². The molecule has 1 atom stereocenters. The quantitative estimate of drug-likeness (QED) is 0.892. The SMILES string of the molecule is CC(C)Oc1ncccc1CNC(=O)N1CCC[C@H]1c1ccsc1. The number of nitrogens with zero attached hydrogens (tertiary/aromatic N) is 2. The number of likely N-dealkylation sites (tertiary alicyclic amines) is 1. The van der Waals surface area contributed by atoms with Crippen molar-refractivity contribution in [1.82, 2.24) is 15.2 Å². The number of hydrogen-bond donors (Lipinski definition) is 1. The summed E-state index contributed by atoms with van der Waals surface area (Å²) in [6.45, 7) is 5.15. The van der Waals surface area contributed by atoms with E-state index in [9.17, 15) is 4.79 Å². The average Bonchev–Trinajstić information content (AvgIpc) is 3.23. The summed E-state index contributed by atoms with van der Waals surface area (Å²) in [5.41, 5.74) is 2.13. The summed E-state index contributed by atoms with van der Waals surface area (Å²) in [4.78, 5) is 18.8. The van der Waals surface area contributed by atoms with E-state index < -0.39 is 0 Å². The van der Waals surface area contributed by atoms with E-state index in [2.05, 4.69) is 27.1 Å². The van der Waals surface area contributed by atoms with E-state index in [1.807, 2.05) is 30.9 Å². The zero-order valence-electron chi connectivity index (χ0n) is 14.1. The summed E-state index contributed by atoms with van der Waals surface area (Å²) in [5.74, 6) is 0.587. The molecule has 0 spiro atoms. The molecule has 0 bridgehead atoms. The highest BCUT2D eigenvalue weighted by atomic mass is 32.1. The third-order valence-electron chi connectivity index (χ3n) is 4.07. The molecule has 3 heterocycles. The summed E-state index contributed by atoms with van der Waals surface area (Å²) in [6, 6.07) is 6.07. The highest BCUT2D eigenvalue weighted by Crippen LogP contribution is 2.33. The number of amides is 2. The van der Waals surface area contributed by atoms with Crippen molar-refractivity contribution in [2.75, 3.05) is 6.54 Å². The summed E-state index contributed by atoms with van der Waals surface area (Å²) in [5, 5.41) is 7.21. The topological polar surface area (TPSA) is 54.5 Å². The Kier molecular flexibility index (Phi) is 5.35. The van der Waals surface area contributed by atoms with Crippen molar-refractivity contribution < 1.29 is 9.53 Å². The maximum atomic E-state index is 12.6. The average molecular weight is 345 g/mol. The lowest BCUT2D eigenvalue weighted by Gasteiger charge is -2.24. The van der Waals surface area contributed by atoms with Gasteiger partial charge in [0.1, 0.15) is 0 Å². The molecular formula is C18H23N3O2S. The second-order valence-electron chi connectivity index (χ2n) is 6.20. The number of carbonyl (C=O) groups is 1. The molecule has 1 aliphatic heterocycles. The number of urea groups is 1. The lowest BCUT2D eigenvalue weighted by atomic mass is 10.1. The largest absolute Gasteiger partial charge is 0.475 e. The van der Waals surface area contributed by atoms with Gasteiger partial charge in [0.25, 0.3) is 0 Å². The monoisotopic (exact) mass is 345 g/mol. The first kappa shape index (κ1) is 16.8. The predicted molar refractivity (Wildman–Crippen MR) is 95.2 cm³/mol. The minimum Gasteiger partial charge on any atom is -0.475 e. The highest BCUT2D eigenvalue weighted by molar-refractivity contribution is 7.07. The Morgan fingerprint density at radius 2 is 2.38 bits per heavy atom. The first-order chi connectivity index (χ1) is 11.6. The number of pyridine rings is 1. The third-order valence-corrected chi connectivity index (χ3v) is 4.77. The molecule has 0 radical (unpaired) electrons. The van der Waals surface area contributed by atoms with Gasteiger partial charge in [0, 0.05) is 24.8 Å². The number of carbonyl (C=O) groups excluding carboxylic acids is 1. The van der Waals surface area contributed by atoms with Crippen molar-refractivity contribution in [3.8, 4) is 5.88 Å². The molecule has 0 unspecified atom stereocenters. The third kappa shape index (κ3) is 3.87. The molecule has 1 N–H and O–H groups in total. The molecule has 128 valence electrons. The van der Waals surface area contributed by atoms with Crippen LogP contribution in [0.5, 0.6) is 5.88 Å². The molecule has 6 heteroatoms. The van der Waals surface area contributed by atoms with Crippen LogP contribution in [-0.4, -0.2) is 28.6 Å². The van der Waals surface area contributed by atoms with E-state index in [0.29, 0.717) is 12.4 Å². The number of aromatic nitrogens is 1. The van der Waals surface area contributed by atoms with Gasteiger partial charge in [-0.2, -0.15) is 11.3 Å². The smallest absolute Gasteiger partial charge is 0.318 e. The maximum Gasteiger partial charge on any atom is 0.318 e. The molecule has 2 aromatic rings. The van der Waals surface area contributed by atoms with E-state index in [-0.39, 0.29) is 18.2 Å². The molecule has 1 aliphatic rings. The van der Waals surface area contributed by atoms with Gasteiger partial charge in [0.05, 0.1) is 12.1 Å². The Labute approximate surface area is 146 Å². The first-order valence-corrected chi connectivity index (χ1v) is 9.26. The van der Waals surface area contributed by atoms with E-state index in [0.717, 1.165) is 24.9 Å². The molecule has 1 fully saturated rings. The van der Waals surface area contributed by atoms with Gasteiger partial charge in [-0.05, 0) is 55.1 Å². The lowest BCUT2D eigenvalue weighted by molar-refractivity contribution is 0.192. The van der Waals surface area contributed by atoms with Crippen LogP contribution in [0.15, 0.2) is 35.2 Å². The summed E-state index contributed by atoms with van der Waals surface area (Å²) < 4.78 is 5.71. The van der Waals surface area contributed by atoms with Crippen LogP contribution in [0, 0.1) is 0 Å². The molecule has 0 aliphatic carbocycles. The minimum atomic E-state index is -0.0250. The van der Waals surface area contributed by atoms with E-state index in [1.54, 1.807) is 17.5 Å². The fraction of sp³-hybridized carbons (Fsp3) is 0.444. The first-order valence-electron chi connectivity index (χ1n) is 8.32. The van der Waals surface area contributed by atoms with Crippen molar-refractivity contribution in [2.24, 2.45) is 0 Å². The van der Waals surface area contributed by atoms with Gasteiger partial charge >= 0.3 is 6.03 Å². The van der Waals surface area contributed by atoms with Crippen molar-refractivity contribution in [3.63, 3.8) is 0 Å². The zero-order chi connectivity index (χ0) is 16.9. The van der Waals surface area contributed by atoms with Gasteiger partial charge in [-0.1, -0.05) is 6.07 Å². The fourth-order valence-electron chi connectivity index (χ4n) is 2.98. The van der Waals surface area contributed by atoms with Crippen molar-refractivity contribution in [2.45, 2.75) is 45.4 Å². The Morgan fingerprint density at radius 1 is 1.50 bits per heavy atom. The van der Waals surface area contributed by atoms with Gasteiger partial charge in [0.15, 0.2) is 0 Å². The van der Waals surface area contributed by atoms with Gasteiger partial charge in [-0.15, -0.1) is 0 Å². The summed E-state index contributed by atoms with van der Waals surface area (Å²) >= 11 is 1.67. The van der Waals surface area contributed by atoms with Gasteiger partial charge < -0.3 is 15.0 Å². The number of thiophene rings is 1. The highest BCUT2D eigenvalue weighted by Gasteiger charge is 2.30. The normalized spacial score (nSPS) is 17.3. The number of nitrogens with one attached hydrogen (secondary N) is 1. The minimum absolute atomic E-state index is 0.0250. The molecule has 2 aromatic heterocycles. The Hall–Kier alpha value is -2.08. The standard InChI is InChI=1S/C18H23N3O2S/c1-13(2)23-17-14(5-3-8-19-17)11-20-18(22)21-9-4-6-16(21)15-7-10-24-12-15/h3,5,7-8,10,12-13,16H,4,6,9,11H2,1-2H3,(H,20,22)/t16-/m0/s1. The maximum absolute atomic E-state index is 12.6. The molecule has 5 nitrogen and oxygen atoms in total. The van der Waals surface area contributed by atoms with Crippen molar-refractivity contribution in [3.05, 3.63) is 46.3 Å². The lowest BCUT2D eigenvalue weighted by Crippen LogP contribution is -2.39. The molecule has 1 saturated heterocycles. The number of ether oxygens (including phenoxy) is 1. The van der Waals surface area contributed by atoms with Gasteiger partial charge in [0.2, 0.25) is 5.88 Å². The molecule has 24 heavy (non-hydrogen) atoms. The molecular weight excluding hydrogens is 322 g/mol. The zero-order valence-corrected chi connectivity index (χ0v) is 14.9. The van der Waals surface area contributed by atoms with E-state index in [4.69, 9.17) is 4.74 Å². The van der Waals surface area contributed by atoms with Crippen LogP contribution in [0.3, 0.4) is 0 Å². The van der Waals surface area contributed by atoms with Crippen LogP contribution in [-0.2, 0) is 6.54 Å². The Bertz CT molecular complexity index is 673. The van der Waals surface area contributed by atoms with Crippen molar-refractivity contribution >= 4 is 17.4 Å². The van der Waals surface area contributed by atoms with Crippen LogP contribution in [0.4, 0.5) is 4.79 Å². The molecule has 2 amide bonds. The fourth-order valence-corrected chi connectivity index (χ4v) is 3.69.